The maximum absolute atomic E-state index is 10.8. The summed E-state index contributed by atoms with van der Waals surface area (Å²) in [6.07, 6.45) is 0. The van der Waals surface area contributed by atoms with Crippen molar-refractivity contribution in [2.24, 2.45) is 0 Å². The fourth-order valence-electron chi connectivity index (χ4n) is 0.494. The van der Waals surface area contributed by atoms with Crippen molar-refractivity contribution in [1.29, 1.82) is 0 Å². The first kappa shape index (κ1) is 9.19. The van der Waals surface area contributed by atoms with Crippen LogP contribution in [0.25, 0.3) is 0 Å². The topological polar surface area (TPSA) is 50.8 Å². The molecule has 0 radical (unpaired) electrons. The van der Waals surface area contributed by atoms with Crippen LogP contribution in [0.1, 0.15) is 6.92 Å². The van der Waals surface area contributed by atoms with E-state index >= 15 is 0 Å². The van der Waals surface area contributed by atoms with Crippen LogP contribution in [-0.2, 0) is 9.68 Å². The average Bonchev–Trinajstić information content (AvgIpc) is 1.91. The van der Waals surface area contributed by atoms with Crippen LogP contribution in [-0.4, -0.2) is 31.9 Å². The van der Waals surface area contributed by atoms with E-state index < -0.39 is 6.03 Å². The average molecular weight is 148 g/mol. The van der Waals surface area contributed by atoms with E-state index in [1.165, 1.54) is 14.2 Å². The predicted molar refractivity (Wildman–Crippen MR) is 34.9 cm³/mol. The van der Waals surface area contributed by atoms with E-state index in [1.54, 1.807) is 6.92 Å². The van der Waals surface area contributed by atoms with Gasteiger partial charge in [-0.1, -0.05) is 0 Å². The highest BCUT2D eigenvalue weighted by atomic mass is 16.7. The SMILES string of the molecule is CCN(OC)C(=O)NOC. The molecule has 0 spiro atoms. The number of amides is 2. The molecule has 0 aromatic rings. The standard InChI is InChI=1S/C5H12N2O3/c1-4-7(10-3)5(8)6-9-2/h4H2,1-3H3,(H,6,8). The summed E-state index contributed by atoms with van der Waals surface area (Å²) in [5.41, 5.74) is 2.11. The van der Waals surface area contributed by atoms with Crippen molar-refractivity contribution in [2.45, 2.75) is 6.92 Å². The molecule has 1 N–H and O–H groups in total. The molecule has 0 bridgehead atoms. The summed E-state index contributed by atoms with van der Waals surface area (Å²) < 4.78 is 0. The largest absolute Gasteiger partial charge is 0.365 e. The van der Waals surface area contributed by atoms with Gasteiger partial charge in [-0.15, -0.1) is 0 Å². The molecule has 5 nitrogen and oxygen atoms in total. The summed E-state index contributed by atoms with van der Waals surface area (Å²) in [4.78, 5) is 19.8. The molecule has 0 atom stereocenters. The number of rotatable bonds is 3. The van der Waals surface area contributed by atoms with Crippen LogP contribution in [0, 0.1) is 0 Å². The highest BCUT2D eigenvalue weighted by Crippen LogP contribution is 1.86. The van der Waals surface area contributed by atoms with Crippen molar-refractivity contribution in [3.8, 4) is 0 Å². The van der Waals surface area contributed by atoms with Crippen LogP contribution in [0.4, 0.5) is 4.79 Å². The Morgan fingerprint density at radius 1 is 1.60 bits per heavy atom. The number of nitrogens with one attached hydrogen (secondary N) is 1. The molecule has 10 heavy (non-hydrogen) atoms. The Morgan fingerprint density at radius 3 is 2.50 bits per heavy atom. The molecule has 0 aromatic heterocycles. The lowest BCUT2D eigenvalue weighted by Gasteiger charge is -2.16. The molecule has 0 aromatic carbocycles. The molecule has 0 saturated heterocycles. The zero-order valence-electron chi connectivity index (χ0n) is 6.38. The smallest absolute Gasteiger partial charge is 0.275 e. The number of carbonyl (C=O) groups is 1. The zero-order valence-corrected chi connectivity index (χ0v) is 6.38. The Bertz CT molecular complexity index is 103. The number of carbonyl (C=O) groups excluding carboxylic acids is 1. The molecule has 0 rings (SSSR count). The maximum Gasteiger partial charge on any atom is 0.365 e. The summed E-state index contributed by atoms with van der Waals surface area (Å²) >= 11 is 0. The van der Waals surface area contributed by atoms with Gasteiger partial charge in [0, 0.05) is 6.54 Å². The number of nitrogens with zero attached hydrogens (tertiary/aromatic N) is 1. The Balaban J connectivity index is 3.65. The summed E-state index contributed by atoms with van der Waals surface area (Å²) in [5, 5.41) is 1.13. The van der Waals surface area contributed by atoms with Gasteiger partial charge in [-0.3, -0.25) is 9.68 Å². The molecule has 0 aliphatic rings. The van der Waals surface area contributed by atoms with Crippen LogP contribution < -0.4 is 5.48 Å². The fraction of sp³-hybridized carbons (Fsp3) is 0.800. The van der Waals surface area contributed by atoms with Crippen LogP contribution in [0.3, 0.4) is 0 Å². The van der Waals surface area contributed by atoms with E-state index in [2.05, 4.69) is 15.2 Å². The minimum Gasteiger partial charge on any atom is -0.275 e. The van der Waals surface area contributed by atoms with Crippen molar-refractivity contribution < 1.29 is 14.5 Å². The van der Waals surface area contributed by atoms with Crippen molar-refractivity contribution in [1.82, 2.24) is 10.5 Å². The second-order valence-corrected chi connectivity index (χ2v) is 1.49. The Hall–Kier alpha value is -0.810. The number of hydrogen-bond donors (Lipinski definition) is 1. The quantitative estimate of drug-likeness (QED) is 0.579. The fourth-order valence-corrected chi connectivity index (χ4v) is 0.494. The third-order valence-corrected chi connectivity index (χ3v) is 0.923. The first-order valence-electron chi connectivity index (χ1n) is 2.90. The van der Waals surface area contributed by atoms with Crippen molar-refractivity contribution >= 4 is 6.03 Å². The summed E-state index contributed by atoms with van der Waals surface area (Å²) in [6.45, 7) is 2.27. The van der Waals surface area contributed by atoms with E-state index in [1.807, 2.05) is 0 Å². The lowest BCUT2D eigenvalue weighted by atomic mass is 10.7. The maximum atomic E-state index is 10.8. The van der Waals surface area contributed by atoms with Crippen molar-refractivity contribution in [3.05, 3.63) is 0 Å². The van der Waals surface area contributed by atoms with E-state index in [0.29, 0.717) is 6.54 Å². The summed E-state index contributed by atoms with van der Waals surface area (Å²) in [6, 6.07) is -0.410. The first-order chi connectivity index (χ1) is 4.76. The Kier molecular flexibility index (Phi) is 4.61. The molecular weight excluding hydrogens is 136 g/mol. The normalized spacial score (nSPS) is 9.10. The van der Waals surface area contributed by atoms with Gasteiger partial charge in [-0.2, -0.15) is 0 Å². The second kappa shape index (κ2) is 5.01. The van der Waals surface area contributed by atoms with E-state index in [-0.39, 0.29) is 0 Å². The molecule has 0 unspecified atom stereocenters. The molecule has 0 heterocycles. The third-order valence-electron chi connectivity index (χ3n) is 0.923. The lowest BCUT2D eigenvalue weighted by Crippen LogP contribution is -2.38. The number of hydrogen-bond acceptors (Lipinski definition) is 3. The molecule has 0 fully saturated rings. The number of hydroxylamine groups is 3. The highest BCUT2D eigenvalue weighted by Gasteiger charge is 2.08. The highest BCUT2D eigenvalue weighted by molar-refractivity contribution is 5.71. The van der Waals surface area contributed by atoms with E-state index in [4.69, 9.17) is 0 Å². The summed E-state index contributed by atoms with van der Waals surface area (Å²) in [7, 11) is 2.78. The molecule has 0 saturated carbocycles. The van der Waals surface area contributed by atoms with Crippen LogP contribution in [0.2, 0.25) is 0 Å². The first-order valence-corrected chi connectivity index (χ1v) is 2.90. The molecule has 2 amide bonds. The molecule has 0 aliphatic carbocycles. The number of urea groups is 1. The van der Waals surface area contributed by atoms with Gasteiger partial charge in [0.05, 0.1) is 14.2 Å². The molecular formula is C5H12N2O3. The van der Waals surface area contributed by atoms with Gasteiger partial charge in [0.1, 0.15) is 0 Å². The summed E-state index contributed by atoms with van der Waals surface area (Å²) in [5.74, 6) is 0. The zero-order chi connectivity index (χ0) is 7.98. The van der Waals surface area contributed by atoms with Crippen molar-refractivity contribution in [2.75, 3.05) is 20.8 Å². The molecule has 60 valence electrons. The van der Waals surface area contributed by atoms with Gasteiger partial charge in [-0.25, -0.2) is 15.3 Å². The van der Waals surface area contributed by atoms with Crippen LogP contribution >= 0.6 is 0 Å². The molecule has 0 aliphatic heterocycles. The van der Waals surface area contributed by atoms with E-state index in [0.717, 1.165) is 5.06 Å². The Morgan fingerprint density at radius 2 is 2.20 bits per heavy atom. The molecule has 5 heteroatoms. The minimum absolute atomic E-state index is 0.410. The predicted octanol–water partition coefficient (Wildman–Crippen LogP) is 0.141. The van der Waals surface area contributed by atoms with Gasteiger partial charge in [0.25, 0.3) is 0 Å². The van der Waals surface area contributed by atoms with Crippen LogP contribution in [0.5, 0.6) is 0 Å². The van der Waals surface area contributed by atoms with Crippen molar-refractivity contribution in [3.63, 3.8) is 0 Å². The monoisotopic (exact) mass is 148 g/mol. The second-order valence-electron chi connectivity index (χ2n) is 1.49. The van der Waals surface area contributed by atoms with Gasteiger partial charge in [-0.05, 0) is 6.92 Å². The minimum atomic E-state index is -0.410. The van der Waals surface area contributed by atoms with E-state index in [9.17, 15) is 4.79 Å². The van der Waals surface area contributed by atoms with Gasteiger partial charge in [0.2, 0.25) is 0 Å². The van der Waals surface area contributed by atoms with Gasteiger partial charge in [0.15, 0.2) is 0 Å². The van der Waals surface area contributed by atoms with Gasteiger partial charge < -0.3 is 0 Å². The third kappa shape index (κ3) is 2.65. The lowest BCUT2D eigenvalue weighted by molar-refractivity contribution is -0.0938. The Labute approximate surface area is 59.8 Å². The van der Waals surface area contributed by atoms with Crippen LogP contribution in [0.15, 0.2) is 0 Å². The van der Waals surface area contributed by atoms with Gasteiger partial charge >= 0.3 is 6.03 Å².